The number of methoxy groups -OCH3 is 1. The molecule has 0 bridgehead atoms. The molecule has 0 N–H and O–H groups in total. The maximum Gasteiger partial charge on any atom is 0.169 e. The molecule has 4 nitrogen and oxygen atoms in total. The maximum atomic E-state index is 5.91. The summed E-state index contributed by atoms with van der Waals surface area (Å²) in [6, 6.07) is 4.44. The number of ether oxygens (including phenoxy) is 2. The minimum absolute atomic E-state index is 0.360. The predicted octanol–water partition coefficient (Wildman–Crippen LogP) is 2.81. The molecule has 1 aliphatic carbocycles. The smallest absolute Gasteiger partial charge is 0.169 e. The van der Waals surface area contributed by atoms with E-state index < -0.39 is 0 Å². The molecule has 0 aromatic carbocycles. The molecule has 1 saturated carbocycles. The van der Waals surface area contributed by atoms with E-state index in [1.165, 1.54) is 0 Å². The average Bonchev–Trinajstić information content (AvgIpc) is 2.84. The minimum Gasteiger partial charge on any atom is -0.453 e. The zero-order valence-corrected chi connectivity index (χ0v) is 12.8. The molecular formula is C14H20BrNO3. The van der Waals surface area contributed by atoms with Gasteiger partial charge >= 0.3 is 0 Å². The second-order valence-electron chi connectivity index (χ2n) is 5.32. The van der Waals surface area contributed by atoms with Crippen molar-refractivity contribution in [2.24, 2.45) is 0 Å². The van der Waals surface area contributed by atoms with Crippen LogP contribution in [0.2, 0.25) is 0 Å². The van der Waals surface area contributed by atoms with Gasteiger partial charge in [0.25, 0.3) is 0 Å². The Morgan fingerprint density at radius 3 is 3.05 bits per heavy atom. The normalized spacial score (nSPS) is 32.2. The molecule has 1 saturated heterocycles. The van der Waals surface area contributed by atoms with Crippen LogP contribution in [0.1, 0.15) is 25.0 Å². The van der Waals surface area contributed by atoms with Crippen molar-refractivity contribution in [2.45, 2.75) is 44.1 Å². The Morgan fingerprint density at radius 1 is 1.42 bits per heavy atom. The summed E-state index contributed by atoms with van der Waals surface area (Å²) >= 11 is 3.36. The number of rotatable bonds is 3. The first-order valence-corrected chi connectivity index (χ1v) is 7.68. The number of nitrogens with zero attached hydrogens (tertiary/aromatic N) is 1. The number of halogens is 1. The number of hydrogen-bond acceptors (Lipinski definition) is 4. The Balaban J connectivity index is 1.69. The molecular weight excluding hydrogens is 310 g/mol. The zero-order valence-electron chi connectivity index (χ0n) is 11.2. The third kappa shape index (κ3) is 3.05. The topological polar surface area (TPSA) is 34.8 Å². The third-order valence-corrected chi connectivity index (χ3v) is 4.63. The van der Waals surface area contributed by atoms with Gasteiger partial charge in [-0.1, -0.05) is 0 Å². The van der Waals surface area contributed by atoms with Gasteiger partial charge in [0.2, 0.25) is 0 Å². The van der Waals surface area contributed by atoms with Crippen molar-refractivity contribution >= 4 is 15.9 Å². The SMILES string of the molecule is COC1CCC2OCCN(Cc3ccc(Br)o3)C2C1. The standard InChI is InChI=1S/C14H20BrNO3/c1-17-10-2-4-13-12(8-10)16(6-7-18-13)9-11-3-5-14(15)19-11/h3,5,10,12-13H,2,4,6-9H2,1H3. The minimum atomic E-state index is 0.360. The first-order chi connectivity index (χ1) is 9.26. The highest BCUT2D eigenvalue weighted by atomic mass is 79.9. The molecule has 3 unspecified atom stereocenters. The largest absolute Gasteiger partial charge is 0.453 e. The van der Waals surface area contributed by atoms with Crippen LogP contribution in [0.4, 0.5) is 0 Å². The van der Waals surface area contributed by atoms with Crippen LogP contribution in [-0.4, -0.2) is 43.4 Å². The Morgan fingerprint density at radius 2 is 2.32 bits per heavy atom. The van der Waals surface area contributed by atoms with Gasteiger partial charge in [-0.25, -0.2) is 0 Å². The van der Waals surface area contributed by atoms with Gasteiger partial charge < -0.3 is 13.9 Å². The summed E-state index contributed by atoms with van der Waals surface area (Å²) in [5.41, 5.74) is 0. The van der Waals surface area contributed by atoms with Crippen LogP contribution in [0.15, 0.2) is 21.2 Å². The predicted molar refractivity (Wildman–Crippen MR) is 75.0 cm³/mol. The van der Waals surface area contributed by atoms with Crippen molar-refractivity contribution in [1.82, 2.24) is 4.90 Å². The van der Waals surface area contributed by atoms with Crippen molar-refractivity contribution in [3.63, 3.8) is 0 Å². The molecule has 1 aromatic rings. The summed E-state index contributed by atoms with van der Waals surface area (Å²) in [5, 5.41) is 0. The molecule has 0 spiro atoms. The third-order valence-electron chi connectivity index (χ3n) is 4.21. The van der Waals surface area contributed by atoms with Gasteiger partial charge in [-0.05, 0) is 47.3 Å². The van der Waals surface area contributed by atoms with E-state index in [0.717, 1.165) is 49.4 Å². The Kier molecular flexibility index (Phi) is 4.27. The molecule has 1 aromatic heterocycles. The van der Waals surface area contributed by atoms with Crippen molar-refractivity contribution in [3.8, 4) is 0 Å². The van der Waals surface area contributed by atoms with E-state index in [9.17, 15) is 0 Å². The summed E-state index contributed by atoms with van der Waals surface area (Å²) in [6.45, 7) is 2.64. The van der Waals surface area contributed by atoms with Crippen LogP contribution in [0.25, 0.3) is 0 Å². The van der Waals surface area contributed by atoms with Crippen LogP contribution in [0, 0.1) is 0 Å². The summed E-state index contributed by atoms with van der Waals surface area (Å²) < 4.78 is 17.9. The van der Waals surface area contributed by atoms with Crippen LogP contribution in [0.3, 0.4) is 0 Å². The molecule has 2 heterocycles. The van der Waals surface area contributed by atoms with Crippen LogP contribution < -0.4 is 0 Å². The molecule has 0 amide bonds. The second-order valence-corrected chi connectivity index (χ2v) is 6.11. The fraction of sp³-hybridized carbons (Fsp3) is 0.714. The Labute approximate surface area is 122 Å². The van der Waals surface area contributed by atoms with Gasteiger partial charge in [0.1, 0.15) is 5.76 Å². The second kappa shape index (κ2) is 5.95. The Bertz CT molecular complexity index is 423. The number of fused-ring (bicyclic) bond motifs is 1. The molecule has 2 fully saturated rings. The molecule has 2 aliphatic rings. The lowest BCUT2D eigenvalue weighted by Gasteiger charge is -2.45. The van der Waals surface area contributed by atoms with Gasteiger partial charge in [0.05, 0.1) is 25.4 Å². The van der Waals surface area contributed by atoms with E-state index in [2.05, 4.69) is 20.8 Å². The number of morpholine rings is 1. The first kappa shape index (κ1) is 13.6. The number of furan rings is 1. The summed E-state index contributed by atoms with van der Waals surface area (Å²) in [6.07, 6.45) is 4.00. The fourth-order valence-electron chi connectivity index (χ4n) is 3.19. The van der Waals surface area contributed by atoms with Gasteiger partial charge in [-0.3, -0.25) is 4.90 Å². The van der Waals surface area contributed by atoms with E-state index in [4.69, 9.17) is 13.9 Å². The van der Waals surface area contributed by atoms with Crippen molar-refractivity contribution in [3.05, 3.63) is 22.6 Å². The highest BCUT2D eigenvalue weighted by Gasteiger charge is 2.38. The summed E-state index contributed by atoms with van der Waals surface area (Å²) in [5.74, 6) is 1.01. The van der Waals surface area contributed by atoms with Gasteiger partial charge in [0.15, 0.2) is 4.67 Å². The van der Waals surface area contributed by atoms with Crippen LogP contribution >= 0.6 is 15.9 Å². The van der Waals surface area contributed by atoms with Gasteiger partial charge in [-0.2, -0.15) is 0 Å². The van der Waals surface area contributed by atoms with E-state index >= 15 is 0 Å². The molecule has 5 heteroatoms. The van der Waals surface area contributed by atoms with Gasteiger partial charge in [-0.15, -0.1) is 0 Å². The zero-order chi connectivity index (χ0) is 13.2. The molecule has 3 atom stereocenters. The van der Waals surface area contributed by atoms with Crippen LogP contribution in [0.5, 0.6) is 0 Å². The lowest BCUT2D eigenvalue weighted by atomic mass is 9.88. The highest BCUT2D eigenvalue weighted by Crippen LogP contribution is 2.31. The molecule has 3 rings (SSSR count). The van der Waals surface area contributed by atoms with Crippen molar-refractivity contribution < 1.29 is 13.9 Å². The number of hydrogen-bond donors (Lipinski definition) is 0. The Hall–Kier alpha value is -0.360. The summed E-state index contributed by atoms with van der Waals surface area (Å²) in [7, 11) is 1.81. The summed E-state index contributed by atoms with van der Waals surface area (Å²) in [4.78, 5) is 2.48. The average molecular weight is 330 g/mol. The van der Waals surface area contributed by atoms with Crippen LogP contribution in [-0.2, 0) is 16.0 Å². The van der Waals surface area contributed by atoms with E-state index in [0.29, 0.717) is 18.2 Å². The maximum absolute atomic E-state index is 5.91. The molecule has 106 valence electrons. The van der Waals surface area contributed by atoms with Crippen molar-refractivity contribution in [1.29, 1.82) is 0 Å². The van der Waals surface area contributed by atoms with Gasteiger partial charge in [0, 0.05) is 19.7 Å². The fourth-order valence-corrected chi connectivity index (χ4v) is 3.53. The van der Waals surface area contributed by atoms with E-state index in [-0.39, 0.29) is 0 Å². The molecule has 1 aliphatic heterocycles. The van der Waals surface area contributed by atoms with Crippen molar-refractivity contribution in [2.75, 3.05) is 20.3 Å². The first-order valence-electron chi connectivity index (χ1n) is 6.89. The lowest BCUT2D eigenvalue weighted by molar-refractivity contribution is -0.117. The van der Waals surface area contributed by atoms with E-state index in [1.54, 1.807) is 0 Å². The van der Waals surface area contributed by atoms with E-state index in [1.807, 2.05) is 19.2 Å². The quantitative estimate of drug-likeness (QED) is 0.854. The molecule has 19 heavy (non-hydrogen) atoms. The highest BCUT2D eigenvalue weighted by molar-refractivity contribution is 9.10. The lowest BCUT2D eigenvalue weighted by Crippen LogP contribution is -2.54. The molecule has 0 radical (unpaired) electrons. The monoisotopic (exact) mass is 329 g/mol.